The molecular weight excluding hydrogens is 296 g/mol. The minimum atomic E-state index is -0.302. The van der Waals surface area contributed by atoms with Crippen molar-refractivity contribution in [3.63, 3.8) is 0 Å². The molecule has 0 aliphatic heterocycles. The number of amides is 4. The van der Waals surface area contributed by atoms with E-state index >= 15 is 0 Å². The Morgan fingerprint density at radius 1 is 0.682 bits per heavy atom. The van der Waals surface area contributed by atoms with Crippen molar-refractivity contribution in [3.8, 4) is 0 Å². The minimum absolute atomic E-state index is 0.204. The van der Waals surface area contributed by atoms with E-state index < -0.39 is 0 Å². The number of rotatable bonds is 10. The summed E-state index contributed by atoms with van der Waals surface area (Å²) in [6.45, 7) is 5.77. The molecule has 0 unspecified atom stereocenters. The summed E-state index contributed by atoms with van der Waals surface area (Å²) in [5.41, 5.74) is 0. The third kappa shape index (κ3) is 20.7. The highest BCUT2D eigenvalue weighted by atomic mass is 16.5. The Hall–Kier alpha value is -1.62. The van der Waals surface area contributed by atoms with Gasteiger partial charge in [-0.1, -0.05) is 0 Å². The molecular formula is C12H28N4O6. The van der Waals surface area contributed by atoms with Crippen LogP contribution in [0.3, 0.4) is 0 Å². The zero-order valence-electron chi connectivity index (χ0n) is 13.7. The van der Waals surface area contributed by atoms with Gasteiger partial charge >= 0.3 is 12.1 Å². The summed E-state index contributed by atoms with van der Waals surface area (Å²) >= 11 is 0. The summed E-state index contributed by atoms with van der Waals surface area (Å²) in [7, 11) is 2.99. The van der Waals surface area contributed by atoms with Crippen LogP contribution in [0, 0.1) is 0 Å². The van der Waals surface area contributed by atoms with Gasteiger partial charge in [0.25, 0.3) is 0 Å². The maximum atomic E-state index is 10.8. The lowest BCUT2D eigenvalue weighted by Gasteiger charge is -2.06. The maximum absolute atomic E-state index is 10.8. The molecule has 0 aliphatic rings. The van der Waals surface area contributed by atoms with Gasteiger partial charge in [0.05, 0.1) is 0 Å². The zero-order chi connectivity index (χ0) is 17.1. The minimum Gasteiger partial charge on any atom is -0.364 e. The van der Waals surface area contributed by atoms with Crippen molar-refractivity contribution in [3.05, 3.63) is 0 Å². The quantitative estimate of drug-likeness (QED) is 0.325. The molecule has 4 N–H and O–H groups in total. The molecule has 132 valence electrons. The molecule has 0 fully saturated rings. The number of carbonyl (C=O) groups is 2. The average Bonchev–Trinajstić information content (AvgIpc) is 2.52. The van der Waals surface area contributed by atoms with Crippen LogP contribution in [0.15, 0.2) is 0 Å². The van der Waals surface area contributed by atoms with E-state index in [0.717, 1.165) is 0 Å². The SMILES string of the molecule is CCOCNC(=O)NCOCC.COCNC(=O)NCOC. The van der Waals surface area contributed by atoms with Crippen LogP contribution in [0.2, 0.25) is 0 Å². The molecule has 22 heavy (non-hydrogen) atoms. The number of urea groups is 2. The molecule has 0 saturated heterocycles. The smallest absolute Gasteiger partial charge is 0.318 e. The number of carbonyl (C=O) groups excluding carboxylic acids is 2. The van der Waals surface area contributed by atoms with Crippen LogP contribution in [0.25, 0.3) is 0 Å². The van der Waals surface area contributed by atoms with Crippen molar-refractivity contribution in [1.82, 2.24) is 21.3 Å². The monoisotopic (exact) mass is 324 g/mol. The van der Waals surface area contributed by atoms with Crippen LogP contribution in [0.4, 0.5) is 9.59 Å². The van der Waals surface area contributed by atoms with Crippen molar-refractivity contribution >= 4 is 12.1 Å². The van der Waals surface area contributed by atoms with Crippen LogP contribution in [0.5, 0.6) is 0 Å². The second kappa shape index (κ2) is 19.4. The summed E-state index contributed by atoms with van der Waals surface area (Å²) in [6, 6.07) is -0.583. The third-order valence-corrected chi connectivity index (χ3v) is 1.83. The summed E-state index contributed by atoms with van der Waals surface area (Å²) in [5.74, 6) is 0. The highest BCUT2D eigenvalue weighted by Crippen LogP contribution is 1.71. The highest BCUT2D eigenvalue weighted by Gasteiger charge is 1.96. The largest absolute Gasteiger partial charge is 0.364 e. The van der Waals surface area contributed by atoms with E-state index in [1.54, 1.807) is 0 Å². The molecule has 0 heterocycles. The first kappa shape index (κ1) is 22.7. The predicted octanol–water partition coefficient (Wildman–Crippen LogP) is -0.233. The molecule has 0 aliphatic carbocycles. The molecule has 0 aromatic carbocycles. The molecule has 0 bridgehead atoms. The molecule has 4 amide bonds. The third-order valence-electron chi connectivity index (χ3n) is 1.83. The van der Waals surface area contributed by atoms with Gasteiger partial charge in [0.2, 0.25) is 0 Å². The first-order valence-electron chi connectivity index (χ1n) is 6.79. The Morgan fingerprint density at radius 2 is 1.00 bits per heavy atom. The Balaban J connectivity index is 0. The Morgan fingerprint density at radius 3 is 1.27 bits per heavy atom. The number of nitrogens with one attached hydrogen (secondary N) is 4. The lowest BCUT2D eigenvalue weighted by molar-refractivity contribution is 0.116. The van der Waals surface area contributed by atoms with Crippen LogP contribution >= 0.6 is 0 Å². The predicted molar refractivity (Wildman–Crippen MR) is 80.1 cm³/mol. The van der Waals surface area contributed by atoms with Gasteiger partial charge in [-0.2, -0.15) is 0 Å². The summed E-state index contributed by atoms with van der Waals surface area (Å²) in [5, 5.41) is 9.81. The molecule has 0 saturated carbocycles. The van der Waals surface area contributed by atoms with Crippen molar-refractivity contribution in [1.29, 1.82) is 0 Å². The van der Waals surface area contributed by atoms with Gasteiger partial charge in [-0.05, 0) is 13.8 Å². The van der Waals surface area contributed by atoms with Gasteiger partial charge in [-0.25, -0.2) is 9.59 Å². The van der Waals surface area contributed by atoms with Crippen LogP contribution in [-0.2, 0) is 18.9 Å². The van der Waals surface area contributed by atoms with Gasteiger partial charge < -0.3 is 40.2 Å². The lowest BCUT2D eigenvalue weighted by Crippen LogP contribution is -2.37. The standard InChI is InChI=1S/C7H16N2O3.C5H12N2O3/c1-3-11-5-8-7(10)9-6-12-4-2;1-9-3-6-5(8)7-4-10-2/h3-6H2,1-2H3,(H2,8,9,10);3-4H2,1-2H3,(H2,6,7,8). The van der Waals surface area contributed by atoms with Crippen LogP contribution in [-0.4, -0.2) is 66.4 Å². The molecule has 0 spiro atoms. The van der Waals surface area contributed by atoms with Crippen LogP contribution < -0.4 is 21.3 Å². The molecule has 0 aromatic heterocycles. The normalized spacial score (nSPS) is 9.27. The topological polar surface area (TPSA) is 119 Å². The lowest BCUT2D eigenvalue weighted by atomic mass is 10.8. The van der Waals surface area contributed by atoms with E-state index in [1.165, 1.54) is 14.2 Å². The van der Waals surface area contributed by atoms with Gasteiger partial charge in [-0.3, -0.25) is 0 Å². The Labute approximate surface area is 131 Å². The fourth-order valence-electron chi connectivity index (χ4n) is 0.838. The van der Waals surface area contributed by atoms with E-state index in [0.29, 0.717) is 13.2 Å². The average molecular weight is 324 g/mol. The van der Waals surface area contributed by atoms with Crippen molar-refractivity contribution in [2.24, 2.45) is 0 Å². The van der Waals surface area contributed by atoms with E-state index in [-0.39, 0.29) is 39.0 Å². The zero-order valence-corrected chi connectivity index (χ0v) is 13.7. The number of ether oxygens (including phenoxy) is 4. The Bertz CT molecular complexity index is 246. The van der Waals surface area contributed by atoms with E-state index in [2.05, 4.69) is 30.7 Å². The first-order valence-corrected chi connectivity index (χ1v) is 6.79. The van der Waals surface area contributed by atoms with Gasteiger partial charge in [0, 0.05) is 27.4 Å². The Kier molecular flexibility index (Phi) is 20.0. The number of hydrogen-bond donors (Lipinski definition) is 4. The molecule has 0 rings (SSSR count). The first-order chi connectivity index (χ1) is 10.6. The number of methoxy groups -OCH3 is 2. The summed E-state index contributed by atoms with van der Waals surface area (Å²) < 4.78 is 19.0. The van der Waals surface area contributed by atoms with Crippen molar-refractivity contribution < 1.29 is 28.5 Å². The van der Waals surface area contributed by atoms with Crippen molar-refractivity contribution in [2.45, 2.75) is 13.8 Å². The molecule has 0 atom stereocenters. The van der Waals surface area contributed by atoms with E-state index in [1.807, 2.05) is 13.8 Å². The van der Waals surface area contributed by atoms with Gasteiger partial charge in [0.1, 0.15) is 26.9 Å². The van der Waals surface area contributed by atoms with Crippen LogP contribution in [0.1, 0.15) is 13.8 Å². The number of hydrogen-bond acceptors (Lipinski definition) is 6. The van der Waals surface area contributed by atoms with Crippen molar-refractivity contribution in [2.75, 3.05) is 54.4 Å². The summed E-state index contributed by atoms with van der Waals surface area (Å²) in [6.07, 6.45) is 0. The maximum Gasteiger partial charge on any atom is 0.318 e. The fraction of sp³-hybridized carbons (Fsp3) is 0.833. The van der Waals surface area contributed by atoms with E-state index in [9.17, 15) is 9.59 Å². The fourth-order valence-corrected chi connectivity index (χ4v) is 0.838. The van der Waals surface area contributed by atoms with Gasteiger partial charge in [-0.15, -0.1) is 0 Å². The molecule has 10 heteroatoms. The van der Waals surface area contributed by atoms with Gasteiger partial charge in [0.15, 0.2) is 0 Å². The molecule has 0 aromatic rings. The second-order valence-electron chi connectivity index (χ2n) is 3.51. The van der Waals surface area contributed by atoms with E-state index in [4.69, 9.17) is 9.47 Å². The summed E-state index contributed by atoms with van der Waals surface area (Å²) in [4.78, 5) is 21.4. The molecule has 10 nitrogen and oxygen atoms in total. The highest BCUT2D eigenvalue weighted by molar-refractivity contribution is 5.73. The molecule has 0 radical (unpaired) electrons. The second-order valence-corrected chi connectivity index (χ2v) is 3.51.